The van der Waals surface area contributed by atoms with E-state index in [1.54, 1.807) is 35.4 Å². The van der Waals surface area contributed by atoms with Crippen LogP contribution in [0.15, 0.2) is 30.3 Å². The van der Waals surface area contributed by atoms with Gasteiger partial charge in [0, 0.05) is 48.9 Å². The SMILES string of the molecule is CC(C)(O)c1ccc2cc(-c3nc4cc(C(=O)N5C[C@H]6CC[C@@H]5[C@@H]6N)cc(F)c4n3CCS(C)(=O)=O)n(CC3CC3)c2n1. The van der Waals surface area contributed by atoms with Crippen molar-refractivity contribution >= 4 is 37.8 Å². The maximum absolute atomic E-state index is 16.0. The van der Waals surface area contributed by atoms with Crippen LogP contribution in [0.4, 0.5) is 4.39 Å². The molecule has 7 rings (SSSR count). The second-order valence-electron chi connectivity index (χ2n) is 13.2. The van der Waals surface area contributed by atoms with Crippen molar-refractivity contribution in [2.75, 3.05) is 18.6 Å². The molecule has 3 aliphatic rings. The lowest BCUT2D eigenvalue weighted by Gasteiger charge is -2.27. The summed E-state index contributed by atoms with van der Waals surface area (Å²) in [5.74, 6) is 0.0375. The number of aromatic nitrogens is 4. The standard InChI is InChI=1S/C31H37FN6O4S/c1-31(2,40)25-9-7-18-14-24(37(28(18)35-25)15-17-4-5-17)29-34-22-13-20(30(39)38-16-19-6-8-23(38)26(19)33)12-21(32)27(22)36(29)10-11-43(3,41)42/h7,9,12-14,17,19,23,26,40H,4-6,8,10-11,15-16,33H2,1-3H3/t19-,23-,26-/m1/s1. The van der Waals surface area contributed by atoms with Crippen molar-refractivity contribution in [3.05, 3.63) is 47.4 Å². The molecule has 2 saturated carbocycles. The molecular weight excluding hydrogens is 571 g/mol. The number of aryl methyl sites for hydroxylation is 1. The van der Waals surface area contributed by atoms with Crippen molar-refractivity contribution in [3.63, 3.8) is 0 Å². The van der Waals surface area contributed by atoms with E-state index in [9.17, 15) is 18.3 Å². The first-order valence-corrected chi connectivity index (χ1v) is 17.0. The number of aliphatic hydroxyl groups is 1. The zero-order chi connectivity index (χ0) is 30.4. The summed E-state index contributed by atoms with van der Waals surface area (Å²) >= 11 is 0. The number of pyridine rings is 1. The highest BCUT2D eigenvalue weighted by molar-refractivity contribution is 7.90. The summed E-state index contributed by atoms with van der Waals surface area (Å²) in [7, 11) is -3.38. The van der Waals surface area contributed by atoms with Crippen LogP contribution >= 0.6 is 0 Å². The van der Waals surface area contributed by atoms with Crippen molar-refractivity contribution in [2.24, 2.45) is 17.6 Å². The van der Waals surface area contributed by atoms with Gasteiger partial charge in [0.05, 0.1) is 22.7 Å². The number of likely N-dealkylation sites (tertiary alicyclic amines) is 1. The van der Waals surface area contributed by atoms with Crippen LogP contribution in [0.5, 0.6) is 0 Å². The number of carbonyl (C=O) groups excluding carboxylic acids is 1. The van der Waals surface area contributed by atoms with Crippen LogP contribution in [0.2, 0.25) is 0 Å². The van der Waals surface area contributed by atoms with Gasteiger partial charge >= 0.3 is 0 Å². The third kappa shape index (κ3) is 5.02. The van der Waals surface area contributed by atoms with Gasteiger partial charge in [-0.2, -0.15) is 0 Å². The number of rotatable bonds is 8. The summed E-state index contributed by atoms with van der Waals surface area (Å²) in [4.78, 5) is 25.0. The topological polar surface area (TPSA) is 136 Å². The van der Waals surface area contributed by atoms with Gasteiger partial charge in [0.1, 0.15) is 32.4 Å². The number of hydrogen-bond acceptors (Lipinski definition) is 7. The lowest BCUT2D eigenvalue weighted by atomic mass is 10.0. The normalized spacial score (nSPS) is 22.4. The molecule has 4 aromatic rings. The van der Waals surface area contributed by atoms with Gasteiger partial charge in [-0.25, -0.2) is 22.8 Å². The van der Waals surface area contributed by atoms with Crippen molar-refractivity contribution in [1.29, 1.82) is 0 Å². The highest BCUT2D eigenvalue weighted by atomic mass is 32.2. The molecule has 12 heteroatoms. The molecule has 0 spiro atoms. The van der Waals surface area contributed by atoms with E-state index in [-0.39, 0.29) is 52.8 Å². The molecule has 10 nitrogen and oxygen atoms in total. The summed E-state index contributed by atoms with van der Waals surface area (Å²) < 4.78 is 44.2. The van der Waals surface area contributed by atoms with E-state index in [0.29, 0.717) is 41.9 Å². The zero-order valence-corrected chi connectivity index (χ0v) is 25.4. The van der Waals surface area contributed by atoms with Gasteiger partial charge in [-0.15, -0.1) is 0 Å². The Balaban J connectivity index is 1.39. The van der Waals surface area contributed by atoms with Gasteiger partial charge in [0.25, 0.3) is 5.91 Å². The van der Waals surface area contributed by atoms with E-state index >= 15 is 4.39 Å². The van der Waals surface area contributed by atoms with Gasteiger partial charge in [0.2, 0.25) is 0 Å². The molecule has 228 valence electrons. The molecule has 1 aromatic carbocycles. The quantitative estimate of drug-likeness (QED) is 0.313. The van der Waals surface area contributed by atoms with E-state index < -0.39 is 21.3 Å². The monoisotopic (exact) mass is 608 g/mol. The number of halogens is 1. The second-order valence-corrected chi connectivity index (χ2v) is 15.5. The Bertz CT molecular complexity index is 1890. The van der Waals surface area contributed by atoms with Crippen molar-refractivity contribution in [3.8, 4) is 11.5 Å². The van der Waals surface area contributed by atoms with E-state index in [4.69, 9.17) is 15.7 Å². The van der Waals surface area contributed by atoms with Crippen LogP contribution < -0.4 is 5.73 Å². The van der Waals surface area contributed by atoms with Gasteiger partial charge < -0.3 is 24.9 Å². The molecule has 2 aliphatic carbocycles. The van der Waals surface area contributed by atoms with E-state index in [0.717, 1.165) is 37.3 Å². The zero-order valence-electron chi connectivity index (χ0n) is 24.6. The smallest absolute Gasteiger partial charge is 0.254 e. The Kier molecular flexibility index (Phi) is 6.50. The average molecular weight is 609 g/mol. The predicted octanol–water partition coefficient (Wildman–Crippen LogP) is 3.44. The minimum absolute atomic E-state index is 0.00703. The largest absolute Gasteiger partial charge is 0.384 e. The molecule has 3 N–H and O–H groups in total. The molecule has 0 unspecified atom stereocenters. The van der Waals surface area contributed by atoms with E-state index in [1.807, 2.05) is 16.7 Å². The number of nitrogens with two attached hydrogens (primary N) is 1. The number of hydrogen-bond donors (Lipinski definition) is 2. The first kappa shape index (κ1) is 28.4. The van der Waals surface area contributed by atoms with Crippen LogP contribution in [0, 0.1) is 17.7 Å². The molecule has 2 bridgehead atoms. The number of sulfone groups is 1. The first-order valence-electron chi connectivity index (χ1n) is 15.0. The lowest BCUT2D eigenvalue weighted by Crippen LogP contribution is -2.41. The Hall–Kier alpha value is -3.35. The van der Waals surface area contributed by atoms with Crippen LogP contribution in [-0.2, 0) is 28.5 Å². The predicted molar refractivity (Wildman–Crippen MR) is 162 cm³/mol. The fraction of sp³-hybridized carbons (Fsp3) is 0.516. The average Bonchev–Trinajstić information content (AvgIpc) is 3.28. The number of imidazole rings is 1. The fourth-order valence-corrected chi connectivity index (χ4v) is 7.37. The van der Waals surface area contributed by atoms with Crippen molar-refractivity contribution < 1.29 is 22.7 Å². The second kappa shape index (κ2) is 9.83. The summed E-state index contributed by atoms with van der Waals surface area (Å²) in [5.41, 5.74) is 7.73. The summed E-state index contributed by atoms with van der Waals surface area (Å²) in [6, 6.07) is 8.37. The Morgan fingerprint density at radius 2 is 1.88 bits per heavy atom. The van der Waals surface area contributed by atoms with Gasteiger partial charge in [-0.3, -0.25) is 4.79 Å². The third-order valence-electron chi connectivity index (χ3n) is 9.38. The summed E-state index contributed by atoms with van der Waals surface area (Å²) in [6.07, 6.45) is 5.16. The molecule has 3 aromatic heterocycles. The molecule has 1 aliphatic heterocycles. The Morgan fingerprint density at radius 1 is 1.12 bits per heavy atom. The number of piperidine rings is 1. The maximum atomic E-state index is 16.0. The van der Waals surface area contributed by atoms with E-state index in [1.165, 1.54) is 6.07 Å². The van der Waals surface area contributed by atoms with Gasteiger partial charge in [-0.05, 0) is 81.7 Å². The van der Waals surface area contributed by atoms with Gasteiger partial charge in [0.15, 0.2) is 5.82 Å². The maximum Gasteiger partial charge on any atom is 0.254 e. The van der Waals surface area contributed by atoms with Crippen molar-refractivity contribution in [1.82, 2.24) is 24.0 Å². The van der Waals surface area contributed by atoms with Crippen LogP contribution in [-0.4, -0.2) is 74.1 Å². The number of nitrogens with zero attached hydrogens (tertiary/aromatic N) is 5. The first-order chi connectivity index (χ1) is 20.3. The molecular formula is C31H37FN6O4S. The summed E-state index contributed by atoms with van der Waals surface area (Å²) in [5, 5.41) is 11.5. The minimum Gasteiger partial charge on any atom is -0.384 e. The molecule has 3 atom stereocenters. The molecule has 1 amide bonds. The number of amides is 1. The third-order valence-corrected chi connectivity index (χ3v) is 10.3. The summed E-state index contributed by atoms with van der Waals surface area (Å²) in [6.45, 7) is 4.60. The highest BCUT2D eigenvalue weighted by Crippen LogP contribution is 2.39. The lowest BCUT2D eigenvalue weighted by molar-refractivity contribution is 0.0699. The molecule has 43 heavy (non-hydrogen) atoms. The number of fused-ring (bicyclic) bond motifs is 4. The number of benzene rings is 1. The van der Waals surface area contributed by atoms with Crippen LogP contribution in [0.25, 0.3) is 33.6 Å². The number of carbonyl (C=O) groups is 1. The van der Waals surface area contributed by atoms with Crippen LogP contribution in [0.1, 0.15) is 55.6 Å². The molecule has 4 heterocycles. The van der Waals surface area contributed by atoms with Gasteiger partial charge in [-0.1, -0.05) is 0 Å². The fourth-order valence-electron chi connectivity index (χ4n) is 6.86. The minimum atomic E-state index is -3.38. The highest BCUT2D eigenvalue weighted by Gasteiger charge is 2.47. The molecule has 3 fully saturated rings. The Morgan fingerprint density at radius 3 is 2.51 bits per heavy atom. The Labute approximate surface area is 249 Å². The van der Waals surface area contributed by atoms with Crippen molar-refractivity contribution in [2.45, 2.75) is 70.3 Å². The van der Waals surface area contributed by atoms with E-state index in [2.05, 4.69) is 0 Å². The molecule has 0 radical (unpaired) electrons. The molecule has 1 saturated heterocycles. The van der Waals surface area contributed by atoms with Crippen LogP contribution in [0.3, 0.4) is 0 Å².